The van der Waals surface area contributed by atoms with Crippen molar-refractivity contribution in [2.75, 3.05) is 5.32 Å². The smallest absolute Gasteiger partial charge is 0.267 e. The van der Waals surface area contributed by atoms with Gasteiger partial charge in [-0.3, -0.25) is 4.79 Å². The van der Waals surface area contributed by atoms with E-state index in [1.54, 1.807) is 23.5 Å². The average Bonchev–Trinajstić information content (AvgIpc) is 2.91. The van der Waals surface area contributed by atoms with Crippen LogP contribution in [-0.2, 0) is 0 Å². The van der Waals surface area contributed by atoms with E-state index >= 15 is 0 Å². The number of hydrogen-bond acceptors (Lipinski definition) is 2. The van der Waals surface area contributed by atoms with E-state index in [9.17, 15) is 26.7 Å². The minimum absolute atomic E-state index is 0.0290. The first kappa shape index (κ1) is 17.6. The van der Waals surface area contributed by atoms with Crippen LogP contribution in [-0.4, -0.2) is 5.91 Å². The number of anilines is 1. The quantitative estimate of drug-likeness (QED) is 0.333. The van der Waals surface area contributed by atoms with Crippen molar-refractivity contribution >= 4 is 44.6 Å². The lowest BCUT2D eigenvalue weighted by atomic mass is 10.2. The molecule has 0 saturated carbocycles. The average molecular weight is 392 g/mol. The highest BCUT2D eigenvalue weighted by Gasteiger charge is 2.28. The molecule has 0 aliphatic rings. The fourth-order valence-electron chi connectivity index (χ4n) is 2.20. The van der Waals surface area contributed by atoms with Crippen LogP contribution >= 0.6 is 22.9 Å². The number of nitrogens with one attached hydrogen (secondary N) is 1. The molecule has 2 aromatic carbocycles. The van der Waals surface area contributed by atoms with Gasteiger partial charge in [-0.2, -0.15) is 0 Å². The van der Waals surface area contributed by atoms with Crippen LogP contribution in [0.5, 0.6) is 0 Å². The van der Waals surface area contributed by atoms with Crippen LogP contribution in [0.25, 0.3) is 10.1 Å². The summed E-state index contributed by atoms with van der Waals surface area (Å²) >= 11 is 7.03. The summed E-state index contributed by atoms with van der Waals surface area (Å²) in [6.07, 6.45) is 0. The van der Waals surface area contributed by atoms with Crippen molar-refractivity contribution in [3.8, 4) is 0 Å². The second-order valence-electron chi connectivity index (χ2n) is 5.14. The third kappa shape index (κ3) is 2.85. The zero-order chi connectivity index (χ0) is 18.5. The number of amides is 1. The highest BCUT2D eigenvalue weighted by Crippen LogP contribution is 2.37. The van der Waals surface area contributed by atoms with E-state index in [2.05, 4.69) is 0 Å². The predicted octanol–water partition coefficient (Wildman–Crippen LogP) is 5.81. The van der Waals surface area contributed by atoms with Crippen LogP contribution in [0.4, 0.5) is 27.6 Å². The number of fused-ring (bicyclic) bond motifs is 1. The van der Waals surface area contributed by atoms with E-state index in [0.717, 1.165) is 16.9 Å². The molecular formula is C16H7ClF5NOS. The van der Waals surface area contributed by atoms with Gasteiger partial charge in [0.2, 0.25) is 5.82 Å². The number of halogens is 6. The molecule has 3 rings (SSSR count). The predicted molar refractivity (Wildman–Crippen MR) is 85.8 cm³/mol. The maximum absolute atomic E-state index is 13.7. The number of benzene rings is 2. The number of carbonyl (C=O) groups is 1. The Labute approximate surface area is 146 Å². The van der Waals surface area contributed by atoms with Gasteiger partial charge in [0.05, 0.1) is 5.02 Å². The lowest BCUT2D eigenvalue weighted by molar-refractivity contribution is 0.102. The standard InChI is InChI=1S/C16H7ClF5NOS/c1-5-2-3-6-7(4-5)25-15(8(6)17)16(24)23-14-12(21)10(19)9(18)11(20)13(14)22/h2-4H,1H3,(H,23,24). The molecule has 25 heavy (non-hydrogen) atoms. The fourth-order valence-corrected chi connectivity index (χ4v) is 3.71. The lowest BCUT2D eigenvalue weighted by Gasteiger charge is -2.09. The van der Waals surface area contributed by atoms with Gasteiger partial charge in [-0.1, -0.05) is 23.7 Å². The monoisotopic (exact) mass is 391 g/mol. The van der Waals surface area contributed by atoms with E-state index in [4.69, 9.17) is 11.6 Å². The van der Waals surface area contributed by atoms with E-state index < -0.39 is 40.7 Å². The van der Waals surface area contributed by atoms with Crippen molar-refractivity contribution in [2.45, 2.75) is 6.92 Å². The van der Waals surface area contributed by atoms with Crippen molar-refractivity contribution in [3.63, 3.8) is 0 Å². The van der Waals surface area contributed by atoms with Crippen LogP contribution in [0.3, 0.4) is 0 Å². The van der Waals surface area contributed by atoms with E-state index in [1.807, 2.05) is 6.92 Å². The van der Waals surface area contributed by atoms with E-state index in [0.29, 0.717) is 10.1 Å². The van der Waals surface area contributed by atoms with Crippen molar-refractivity contribution < 1.29 is 26.7 Å². The van der Waals surface area contributed by atoms with E-state index in [-0.39, 0.29) is 9.90 Å². The van der Waals surface area contributed by atoms with Gasteiger partial charge in [0.25, 0.3) is 5.91 Å². The molecule has 0 aliphatic carbocycles. The first-order valence-corrected chi connectivity index (χ1v) is 7.93. The Hall–Kier alpha value is -2.19. The number of rotatable bonds is 2. The van der Waals surface area contributed by atoms with Gasteiger partial charge in [0.15, 0.2) is 23.3 Å². The molecule has 1 heterocycles. The molecule has 0 atom stereocenters. The zero-order valence-electron chi connectivity index (χ0n) is 12.3. The van der Waals surface area contributed by atoms with Crippen LogP contribution in [0.1, 0.15) is 15.2 Å². The number of aryl methyl sites for hydroxylation is 1. The molecule has 0 fully saturated rings. The van der Waals surface area contributed by atoms with Crippen LogP contribution < -0.4 is 5.32 Å². The molecule has 1 N–H and O–H groups in total. The normalized spacial score (nSPS) is 11.2. The second kappa shape index (κ2) is 6.27. The Morgan fingerprint density at radius 3 is 2.16 bits per heavy atom. The molecule has 0 saturated heterocycles. The highest BCUT2D eigenvalue weighted by molar-refractivity contribution is 7.21. The summed E-state index contributed by atoms with van der Waals surface area (Å²) in [6, 6.07) is 5.17. The summed E-state index contributed by atoms with van der Waals surface area (Å²) in [6.45, 7) is 1.82. The van der Waals surface area contributed by atoms with Gasteiger partial charge < -0.3 is 5.32 Å². The van der Waals surface area contributed by atoms with Gasteiger partial charge in [-0.05, 0) is 18.6 Å². The number of thiophene rings is 1. The van der Waals surface area contributed by atoms with Crippen LogP contribution in [0, 0.1) is 36.0 Å². The molecule has 0 spiro atoms. The summed E-state index contributed by atoms with van der Waals surface area (Å²) in [4.78, 5) is 12.1. The first-order chi connectivity index (χ1) is 11.7. The molecule has 1 amide bonds. The number of carbonyl (C=O) groups excluding carboxylic acids is 1. The molecule has 0 radical (unpaired) electrons. The summed E-state index contributed by atoms with van der Waals surface area (Å²) in [5.74, 6) is -11.9. The van der Waals surface area contributed by atoms with Crippen molar-refractivity contribution in [1.82, 2.24) is 0 Å². The molecule has 1 aromatic heterocycles. The summed E-state index contributed by atoms with van der Waals surface area (Å²) in [5.41, 5.74) is -0.525. The summed E-state index contributed by atoms with van der Waals surface area (Å²) < 4.78 is 67.5. The topological polar surface area (TPSA) is 29.1 Å². The van der Waals surface area contributed by atoms with Gasteiger partial charge in [0.1, 0.15) is 10.6 Å². The zero-order valence-corrected chi connectivity index (χ0v) is 13.9. The molecule has 0 aliphatic heterocycles. The molecule has 9 heteroatoms. The third-order valence-corrected chi connectivity index (χ3v) is 5.10. The summed E-state index contributed by atoms with van der Waals surface area (Å²) in [5, 5.41) is 2.28. The van der Waals surface area contributed by atoms with Gasteiger partial charge >= 0.3 is 0 Å². The van der Waals surface area contributed by atoms with Gasteiger partial charge in [-0.15, -0.1) is 11.3 Å². The maximum atomic E-state index is 13.7. The van der Waals surface area contributed by atoms with Gasteiger partial charge in [0, 0.05) is 10.1 Å². The third-order valence-electron chi connectivity index (χ3n) is 3.44. The van der Waals surface area contributed by atoms with Crippen LogP contribution in [0.15, 0.2) is 18.2 Å². The van der Waals surface area contributed by atoms with Crippen LogP contribution in [0.2, 0.25) is 5.02 Å². The molecule has 2 nitrogen and oxygen atoms in total. The van der Waals surface area contributed by atoms with Crippen molar-refractivity contribution in [3.05, 3.63) is 62.7 Å². The Bertz CT molecular complexity index is 1000. The summed E-state index contributed by atoms with van der Waals surface area (Å²) in [7, 11) is 0. The second-order valence-corrected chi connectivity index (χ2v) is 6.57. The number of hydrogen-bond donors (Lipinski definition) is 1. The Morgan fingerprint density at radius 2 is 1.56 bits per heavy atom. The molecule has 130 valence electrons. The molecular weight excluding hydrogens is 385 g/mol. The SMILES string of the molecule is Cc1ccc2c(Cl)c(C(=O)Nc3c(F)c(F)c(F)c(F)c3F)sc2c1. The van der Waals surface area contributed by atoms with Crippen molar-refractivity contribution in [2.24, 2.45) is 0 Å². The highest BCUT2D eigenvalue weighted by atomic mass is 35.5. The largest absolute Gasteiger partial charge is 0.316 e. The maximum Gasteiger partial charge on any atom is 0.267 e. The minimum atomic E-state index is -2.30. The van der Waals surface area contributed by atoms with E-state index in [1.165, 1.54) is 0 Å². The Balaban J connectivity index is 2.06. The van der Waals surface area contributed by atoms with Gasteiger partial charge in [-0.25, -0.2) is 22.0 Å². The fraction of sp³-hybridized carbons (Fsp3) is 0.0625. The Kier molecular flexibility index (Phi) is 4.42. The first-order valence-electron chi connectivity index (χ1n) is 6.73. The lowest BCUT2D eigenvalue weighted by Crippen LogP contribution is -2.16. The van der Waals surface area contributed by atoms with Crippen molar-refractivity contribution in [1.29, 1.82) is 0 Å². The minimum Gasteiger partial charge on any atom is -0.316 e. The molecule has 3 aromatic rings. The molecule has 0 bridgehead atoms. The Morgan fingerprint density at radius 1 is 1.00 bits per heavy atom. The molecule has 0 unspecified atom stereocenters.